The summed E-state index contributed by atoms with van der Waals surface area (Å²) in [7, 11) is 0. The fraction of sp³-hybridized carbons (Fsp3) is 0.0500. The van der Waals surface area contributed by atoms with E-state index in [1.807, 2.05) is 30.3 Å². The average Bonchev–Trinajstić information content (AvgIpc) is 3.14. The molecule has 28 heavy (non-hydrogen) atoms. The molecule has 4 aromatic rings. The lowest BCUT2D eigenvalue weighted by atomic mass is 10.1. The van der Waals surface area contributed by atoms with Crippen LogP contribution in [0.25, 0.3) is 21.3 Å². The Hall–Kier alpha value is -3.39. The highest BCUT2D eigenvalue weighted by atomic mass is 32.1. The van der Waals surface area contributed by atoms with Gasteiger partial charge in [0.15, 0.2) is 0 Å². The number of carbonyl (C=O) groups is 1. The molecule has 0 spiro atoms. The zero-order chi connectivity index (χ0) is 19.7. The maximum Gasteiger partial charge on any atom is 0.304 e. The van der Waals surface area contributed by atoms with Crippen LogP contribution in [0.4, 0.5) is 8.78 Å². The summed E-state index contributed by atoms with van der Waals surface area (Å²) in [6.07, 6.45) is -0.300. The topological polar surface area (TPSA) is 64.0 Å². The predicted molar refractivity (Wildman–Crippen MR) is 104 cm³/mol. The minimum atomic E-state index is -0.774. The third kappa shape index (κ3) is 3.54. The number of rotatable bonds is 4. The molecule has 0 aliphatic carbocycles. The van der Waals surface area contributed by atoms with E-state index in [0.29, 0.717) is 15.8 Å². The number of carbonyl (C=O) groups excluding carboxylic acids is 1. The van der Waals surface area contributed by atoms with Crippen LogP contribution < -0.4 is 11.0 Å². The highest BCUT2D eigenvalue weighted by Crippen LogP contribution is 2.27. The number of hydrogen-bond acceptors (Lipinski definition) is 4. The monoisotopic (exact) mass is 397 g/mol. The molecule has 8 heteroatoms. The van der Waals surface area contributed by atoms with Crippen LogP contribution in [0.3, 0.4) is 0 Å². The van der Waals surface area contributed by atoms with Crippen molar-refractivity contribution in [1.82, 2.24) is 9.89 Å². The van der Waals surface area contributed by atoms with Crippen molar-refractivity contribution in [3.8, 4) is 11.3 Å². The molecule has 2 aromatic carbocycles. The highest BCUT2D eigenvalue weighted by Gasteiger charge is 2.15. The van der Waals surface area contributed by atoms with Gasteiger partial charge in [-0.15, -0.1) is 21.2 Å². The summed E-state index contributed by atoms with van der Waals surface area (Å²) < 4.78 is 27.1. The number of hydrogen-bond donors (Lipinski definition) is 1. The van der Waals surface area contributed by atoms with Crippen molar-refractivity contribution < 1.29 is 13.6 Å². The first-order valence-corrected chi connectivity index (χ1v) is 9.20. The molecule has 0 aliphatic heterocycles. The molecule has 5 nitrogen and oxygen atoms in total. The molecule has 0 radical (unpaired) electrons. The number of nitrogens with zero attached hydrogens (tertiary/aromatic N) is 2. The molecule has 0 bridgehead atoms. The van der Waals surface area contributed by atoms with E-state index in [0.717, 1.165) is 28.6 Å². The highest BCUT2D eigenvalue weighted by molar-refractivity contribution is 7.17. The van der Waals surface area contributed by atoms with Crippen molar-refractivity contribution in [3.05, 3.63) is 87.5 Å². The minimum absolute atomic E-state index is 0.156. The number of amides is 1. The van der Waals surface area contributed by atoms with E-state index in [1.165, 1.54) is 11.3 Å². The van der Waals surface area contributed by atoms with E-state index in [9.17, 15) is 18.4 Å². The maximum absolute atomic E-state index is 13.3. The standard InChI is InChI=1S/C20H13F2N3O2S/c21-14-8-12(9-15(22)11-14)10-17(26)23-25-20(27)19-16(6-7-28-19)18(24-25)13-4-2-1-3-5-13/h1-9,11H,10H2,(H,23,26). The summed E-state index contributed by atoms with van der Waals surface area (Å²) in [5, 5.41) is 6.76. The van der Waals surface area contributed by atoms with Gasteiger partial charge in [0.25, 0.3) is 0 Å². The zero-order valence-electron chi connectivity index (χ0n) is 14.4. The molecule has 1 N–H and O–H groups in total. The first-order valence-electron chi connectivity index (χ1n) is 8.32. The normalized spacial score (nSPS) is 10.9. The lowest BCUT2D eigenvalue weighted by Crippen LogP contribution is -2.36. The maximum atomic E-state index is 13.3. The second-order valence-electron chi connectivity index (χ2n) is 6.08. The first kappa shape index (κ1) is 18.0. The summed E-state index contributed by atoms with van der Waals surface area (Å²) in [6.45, 7) is 0. The van der Waals surface area contributed by atoms with Crippen LogP contribution in [0, 0.1) is 11.6 Å². The third-order valence-electron chi connectivity index (χ3n) is 4.07. The lowest BCUT2D eigenvalue weighted by molar-refractivity contribution is -0.116. The van der Waals surface area contributed by atoms with Crippen LogP contribution in [-0.4, -0.2) is 15.8 Å². The van der Waals surface area contributed by atoms with Gasteiger partial charge in [-0.3, -0.25) is 9.59 Å². The van der Waals surface area contributed by atoms with Gasteiger partial charge in [-0.25, -0.2) is 14.2 Å². The Kier molecular flexibility index (Phi) is 4.70. The molecule has 2 heterocycles. The number of nitrogens with one attached hydrogen (secondary N) is 1. The van der Waals surface area contributed by atoms with Crippen molar-refractivity contribution in [2.45, 2.75) is 6.42 Å². The van der Waals surface area contributed by atoms with E-state index >= 15 is 0 Å². The Morgan fingerprint density at radius 1 is 1.07 bits per heavy atom. The van der Waals surface area contributed by atoms with Gasteiger partial charge >= 0.3 is 5.56 Å². The Morgan fingerprint density at radius 2 is 1.79 bits per heavy atom. The fourth-order valence-corrected chi connectivity index (χ4v) is 3.72. The van der Waals surface area contributed by atoms with Crippen molar-refractivity contribution in [2.75, 3.05) is 5.43 Å². The Bertz CT molecular complexity index is 1220. The minimum Gasteiger partial charge on any atom is -0.273 e. The molecule has 0 unspecified atom stereocenters. The first-order chi connectivity index (χ1) is 13.5. The van der Waals surface area contributed by atoms with Crippen LogP contribution in [0.15, 0.2) is 64.8 Å². The molecule has 140 valence electrons. The Morgan fingerprint density at radius 3 is 2.50 bits per heavy atom. The van der Waals surface area contributed by atoms with Gasteiger partial charge < -0.3 is 0 Å². The van der Waals surface area contributed by atoms with Crippen LogP contribution in [0.5, 0.6) is 0 Å². The van der Waals surface area contributed by atoms with E-state index in [2.05, 4.69) is 10.5 Å². The van der Waals surface area contributed by atoms with Crippen LogP contribution >= 0.6 is 11.3 Å². The predicted octanol–water partition coefficient (Wildman–Crippen LogP) is 3.72. The molecule has 0 fully saturated rings. The van der Waals surface area contributed by atoms with Gasteiger partial charge in [-0.2, -0.15) is 0 Å². The Labute approximate surface area is 161 Å². The summed E-state index contributed by atoms with van der Waals surface area (Å²) in [6, 6.07) is 13.9. The summed E-state index contributed by atoms with van der Waals surface area (Å²) in [4.78, 5) is 25.8. The van der Waals surface area contributed by atoms with Gasteiger partial charge in [-0.05, 0) is 29.1 Å². The molecular formula is C20H13F2N3O2S. The number of benzene rings is 2. The fourth-order valence-electron chi connectivity index (χ4n) is 2.90. The van der Waals surface area contributed by atoms with E-state index in [1.54, 1.807) is 11.4 Å². The molecule has 0 saturated heterocycles. The average molecular weight is 397 g/mol. The van der Waals surface area contributed by atoms with Gasteiger partial charge in [-0.1, -0.05) is 30.3 Å². The van der Waals surface area contributed by atoms with E-state index in [-0.39, 0.29) is 12.0 Å². The van der Waals surface area contributed by atoms with Gasteiger partial charge in [0.05, 0.1) is 6.42 Å². The Balaban J connectivity index is 1.69. The third-order valence-corrected chi connectivity index (χ3v) is 4.97. The van der Waals surface area contributed by atoms with Crippen molar-refractivity contribution in [1.29, 1.82) is 0 Å². The molecule has 0 saturated carbocycles. The number of halogens is 2. The summed E-state index contributed by atoms with van der Waals surface area (Å²) in [5.41, 5.74) is 3.43. The van der Waals surface area contributed by atoms with Gasteiger partial charge in [0.2, 0.25) is 5.91 Å². The van der Waals surface area contributed by atoms with Gasteiger partial charge in [0, 0.05) is 17.0 Å². The number of thiophene rings is 1. The largest absolute Gasteiger partial charge is 0.304 e. The lowest BCUT2D eigenvalue weighted by Gasteiger charge is -2.10. The van der Waals surface area contributed by atoms with Crippen molar-refractivity contribution >= 4 is 27.3 Å². The van der Waals surface area contributed by atoms with Gasteiger partial charge in [0.1, 0.15) is 22.0 Å². The van der Waals surface area contributed by atoms with Crippen molar-refractivity contribution in [2.24, 2.45) is 0 Å². The van der Waals surface area contributed by atoms with Crippen molar-refractivity contribution in [3.63, 3.8) is 0 Å². The van der Waals surface area contributed by atoms with E-state index < -0.39 is 23.1 Å². The summed E-state index contributed by atoms with van der Waals surface area (Å²) >= 11 is 1.25. The van der Waals surface area contributed by atoms with Crippen LogP contribution in [0.2, 0.25) is 0 Å². The smallest absolute Gasteiger partial charge is 0.273 e. The molecule has 0 atom stereocenters. The molecule has 4 rings (SSSR count). The van der Waals surface area contributed by atoms with Crippen LogP contribution in [-0.2, 0) is 11.2 Å². The second kappa shape index (κ2) is 7.32. The van der Waals surface area contributed by atoms with Crippen LogP contribution in [0.1, 0.15) is 5.56 Å². The number of aromatic nitrogens is 2. The zero-order valence-corrected chi connectivity index (χ0v) is 15.2. The van der Waals surface area contributed by atoms with E-state index in [4.69, 9.17) is 0 Å². The molecular weight excluding hydrogens is 384 g/mol. The summed E-state index contributed by atoms with van der Waals surface area (Å²) in [5.74, 6) is -2.16. The molecule has 0 aliphatic rings. The SMILES string of the molecule is O=C(Cc1cc(F)cc(F)c1)Nn1nc(-c2ccccc2)c2ccsc2c1=O. The molecule has 1 amide bonds. The molecule has 2 aromatic heterocycles. The number of fused-ring (bicyclic) bond motifs is 1. The quantitative estimate of drug-likeness (QED) is 0.571. The second-order valence-corrected chi connectivity index (χ2v) is 7.00.